The van der Waals surface area contributed by atoms with Gasteiger partial charge >= 0.3 is 0 Å². The maximum Gasteiger partial charge on any atom is 0.0184 e. The van der Waals surface area contributed by atoms with Gasteiger partial charge in [-0.3, -0.25) is 0 Å². The molecule has 1 aromatic carbocycles. The van der Waals surface area contributed by atoms with Gasteiger partial charge in [0.25, 0.3) is 0 Å². The summed E-state index contributed by atoms with van der Waals surface area (Å²) in [5.74, 6) is 0. The molecule has 82 valence electrons. The highest BCUT2D eigenvalue weighted by Gasteiger charge is 1.94. The number of rotatable bonds is 6. The van der Waals surface area contributed by atoms with E-state index in [9.17, 15) is 0 Å². The van der Waals surface area contributed by atoms with Crippen LogP contribution in [0.25, 0.3) is 0 Å². The van der Waals surface area contributed by atoms with Crippen LogP contribution in [0.4, 0.5) is 0 Å². The lowest BCUT2D eigenvalue weighted by Gasteiger charge is -2.08. The van der Waals surface area contributed by atoms with Crippen molar-refractivity contribution in [1.82, 2.24) is 5.32 Å². The summed E-state index contributed by atoms with van der Waals surface area (Å²) in [5.41, 5.74) is 3.86. The second kappa shape index (κ2) is 6.28. The number of hydrogen-bond donors (Lipinski definition) is 1. The molecule has 0 aliphatic heterocycles. The predicted molar refractivity (Wildman–Crippen MR) is 66.9 cm³/mol. The lowest BCUT2D eigenvalue weighted by Crippen LogP contribution is -2.15. The van der Waals surface area contributed by atoms with Crippen LogP contribution < -0.4 is 5.32 Å². The third kappa shape index (κ3) is 4.68. The molecule has 1 heteroatoms. The first-order valence-electron chi connectivity index (χ1n) is 5.69. The number of hydrogen-bond acceptors (Lipinski definition) is 1. The Labute approximate surface area is 93.2 Å². The predicted octanol–water partition coefficient (Wildman–Crippen LogP) is 3.44. The minimum absolute atomic E-state index is 0.988. The van der Waals surface area contributed by atoms with Crippen LogP contribution in [-0.4, -0.2) is 6.54 Å². The topological polar surface area (TPSA) is 12.0 Å². The highest BCUT2D eigenvalue weighted by Crippen LogP contribution is 2.04. The van der Waals surface area contributed by atoms with Crippen LogP contribution in [0.3, 0.4) is 0 Å². The molecule has 0 unspecified atom stereocenters. The van der Waals surface area contributed by atoms with E-state index in [1.807, 2.05) is 0 Å². The summed E-state index contributed by atoms with van der Waals surface area (Å²) in [6, 6.07) is 8.71. The van der Waals surface area contributed by atoms with E-state index in [-0.39, 0.29) is 0 Å². The molecule has 0 aliphatic carbocycles. The molecule has 1 nitrogen and oxygen atoms in total. The van der Waals surface area contributed by atoms with Crippen molar-refractivity contribution in [2.75, 3.05) is 6.54 Å². The van der Waals surface area contributed by atoms with Gasteiger partial charge in [-0.15, -0.1) is 0 Å². The van der Waals surface area contributed by atoms with Crippen molar-refractivity contribution in [2.45, 2.75) is 33.1 Å². The third-order valence-corrected chi connectivity index (χ3v) is 2.46. The highest BCUT2D eigenvalue weighted by atomic mass is 14.9. The van der Waals surface area contributed by atoms with Crippen molar-refractivity contribution < 1.29 is 0 Å². The first-order chi connectivity index (χ1) is 7.22. The van der Waals surface area contributed by atoms with Gasteiger partial charge in [0.05, 0.1) is 0 Å². The average molecular weight is 203 g/mol. The van der Waals surface area contributed by atoms with E-state index in [2.05, 4.69) is 50.0 Å². The minimum Gasteiger partial charge on any atom is -0.388 e. The van der Waals surface area contributed by atoms with Crippen LogP contribution in [0.2, 0.25) is 0 Å². The van der Waals surface area contributed by atoms with Crippen LogP contribution in [0.5, 0.6) is 0 Å². The van der Waals surface area contributed by atoms with Gasteiger partial charge in [-0.1, -0.05) is 49.8 Å². The zero-order chi connectivity index (χ0) is 11.1. The molecule has 0 saturated carbocycles. The lowest BCUT2D eigenvalue weighted by atomic mass is 10.1. The van der Waals surface area contributed by atoms with Gasteiger partial charge in [0.15, 0.2) is 0 Å². The maximum atomic E-state index is 3.98. The summed E-state index contributed by atoms with van der Waals surface area (Å²) >= 11 is 0. The smallest absolute Gasteiger partial charge is 0.0184 e. The standard InChI is InChI=1S/C14H21N/c1-4-5-13(3)15-11-10-14-8-6-12(2)7-9-14/h6-9,15H,3-5,10-11H2,1-2H3. The SMILES string of the molecule is C=C(CCC)NCCc1ccc(C)cc1. The summed E-state index contributed by atoms with van der Waals surface area (Å²) in [4.78, 5) is 0. The Kier molecular flexibility index (Phi) is 4.96. The third-order valence-electron chi connectivity index (χ3n) is 2.46. The van der Waals surface area contributed by atoms with E-state index >= 15 is 0 Å². The molecule has 0 fully saturated rings. The fraction of sp³-hybridized carbons (Fsp3) is 0.429. The summed E-state index contributed by atoms with van der Waals surface area (Å²) < 4.78 is 0. The van der Waals surface area contributed by atoms with Gasteiger partial charge in [-0.05, 0) is 25.3 Å². The molecule has 0 bridgehead atoms. The van der Waals surface area contributed by atoms with Crippen molar-refractivity contribution in [2.24, 2.45) is 0 Å². The zero-order valence-electron chi connectivity index (χ0n) is 9.84. The fourth-order valence-electron chi connectivity index (χ4n) is 1.53. The Morgan fingerprint density at radius 2 is 1.93 bits per heavy atom. The van der Waals surface area contributed by atoms with Crippen molar-refractivity contribution in [3.63, 3.8) is 0 Å². The van der Waals surface area contributed by atoms with Gasteiger partial charge in [0, 0.05) is 12.2 Å². The van der Waals surface area contributed by atoms with E-state index in [0.717, 1.165) is 31.5 Å². The molecule has 0 saturated heterocycles. The first kappa shape index (κ1) is 11.8. The lowest BCUT2D eigenvalue weighted by molar-refractivity contribution is 0.731. The van der Waals surface area contributed by atoms with Crippen LogP contribution >= 0.6 is 0 Å². The molecule has 15 heavy (non-hydrogen) atoms. The van der Waals surface area contributed by atoms with E-state index in [1.54, 1.807) is 0 Å². The van der Waals surface area contributed by atoms with Crippen molar-refractivity contribution in [3.8, 4) is 0 Å². The van der Waals surface area contributed by atoms with Crippen molar-refractivity contribution in [1.29, 1.82) is 0 Å². The fourth-order valence-corrected chi connectivity index (χ4v) is 1.53. The Morgan fingerprint density at radius 3 is 2.53 bits per heavy atom. The number of aryl methyl sites for hydroxylation is 1. The quantitative estimate of drug-likeness (QED) is 0.746. The monoisotopic (exact) mass is 203 g/mol. The highest BCUT2D eigenvalue weighted by molar-refractivity contribution is 5.21. The number of benzene rings is 1. The van der Waals surface area contributed by atoms with Crippen molar-refractivity contribution >= 4 is 0 Å². The molecule has 0 aromatic heterocycles. The Morgan fingerprint density at radius 1 is 1.27 bits per heavy atom. The largest absolute Gasteiger partial charge is 0.388 e. The maximum absolute atomic E-state index is 3.98. The molecular weight excluding hydrogens is 182 g/mol. The minimum atomic E-state index is 0.988. The summed E-state index contributed by atoms with van der Waals surface area (Å²) in [6.45, 7) is 9.26. The van der Waals surface area contributed by atoms with Gasteiger partial charge in [0.2, 0.25) is 0 Å². The molecular formula is C14H21N. The molecule has 0 spiro atoms. The Bertz CT molecular complexity index is 298. The Balaban J connectivity index is 2.26. The molecule has 1 rings (SSSR count). The van der Waals surface area contributed by atoms with Crippen molar-refractivity contribution in [3.05, 3.63) is 47.7 Å². The Hall–Kier alpha value is -1.24. The molecule has 0 amide bonds. The van der Waals surface area contributed by atoms with Gasteiger partial charge in [-0.2, -0.15) is 0 Å². The summed E-state index contributed by atoms with van der Waals surface area (Å²) in [6.07, 6.45) is 3.31. The van der Waals surface area contributed by atoms with E-state index < -0.39 is 0 Å². The molecule has 1 N–H and O–H groups in total. The molecule has 0 radical (unpaired) electrons. The number of allylic oxidation sites excluding steroid dienone is 1. The van der Waals surface area contributed by atoms with Gasteiger partial charge in [0.1, 0.15) is 0 Å². The van der Waals surface area contributed by atoms with E-state index in [0.29, 0.717) is 0 Å². The van der Waals surface area contributed by atoms with E-state index in [1.165, 1.54) is 11.1 Å². The normalized spacial score (nSPS) is 10.0. The molecule has 0 heterocycles. The van der Waals surface area contributed by atoms with Crippen LogP contribution in [0.15, 0.2) is 36.5 Å². The number of nitrogens with one attached hydrogen (secondary N) is 1. The van der Waals surface area contributed by atoms with Gasteiger partial charge in [-0.25, -0.2) is 0 Å². The molecule has 0 atom stereocenters. The molecule has 0 aliphatic rings. The average Bonchev–Trinajstić information content (AvgIpc) is 2.21. The second-order valence-corrected chi connectivity index (χ2v) is 4.02. The van der Waals surface area contributed by atoms with E-state index in [4.69, 9.17) is 0 Å². The summed E-state index contributed by atoms with van der Waals surface area (Å²) in [7, 11) is 0. The van der Waals surface area contributed by atoms with Crippen LogP contribution in [-0.2, 0) is 6.42 Å². The zero-order valence-corrected chi connectivity index (χ0v) is 9.84. The second-order valence-electron chi connectivity index (χ2n) is 4.02. The summed E-state index contributed by atoms with van der Waals surface area (Å²) in [5, 5.41) is 3.35. The van der Waals surface area contributed by atoms with Crippen LogP contribution in [0.1, 0.15) is 30.9 Å². The van der Waals surface area contributed by atoms with Crippen LogP contribution in [0, 0.1) is 6.92 Å². The van der Waals surface area contributed by atoms with Gasteiger partial charge < -0.3 is 5.32 Å². The molecule has 1 aromatic rings. The first-order valence-corrected chi connectivity index (χ1v) is 5.69.